The summed E-state index contributed by atoms with van der Waals surface area (Å²) in [5, 5.41) is 8.94. The first kappa shape index (κ1) is 17.2. The van der Waals surface area contributed by atoms with E-state index in [0.29, 0.717) is 0 Å². The van der Waals surface area contributed by atoms with Crippen molar-refractivity contribution < 1.29 is 14.7 Å². The Hall–Kier alpha value is -1.84. The number of aliphatic carboxylic acids is 1. The van der Waals surface area contributed by atoms with Gasteiger partial charge < -0.3 is 10.0 Å². The van der Waals surface area contributed by atoms with Crippen molar-refractivity contribution in [1.82, 2.24) is 0 Å². The van der Waals surface area contributed by atoms with E-state index in [4.69, 9.17) is 5.11 Å². The Labute approximate surface area is 126 Å². The van der Waals surface area contributed by atoms with E-state index in [1.165, 1.54) is 0 Å². The van der Waals surface area contributed by atoms with E-state index < -0.39 is 11.4 Å². The van der Waals surface area contributed by atoms with Gasteiger partial charge in [-0.3, -0.25) is 9.59 Å². The van der Waals surface area contributed by atoms with E-state index in [1.807, 2.05) is 53.7 Å². The third-order valence-electron chi connectivity index (χ3n) is 3.34. The normalized spacial score (nSPS) is 11.3. The summed E-state index contributed by atoms with van der Waals surface area (Å²) >= 11 is 0. The van der Waals surface area contributed by atoms with E-state index in [2.05, 4.69) is 0 Å². The van der Waals surface area contributed by atoms with Crippen molar-refractivity contribution in [2.24, 2.45) is 5.41 Å². The number of carboxylic acids is 1. The first-order valence-corrected chi connectivity index (χ1v) is 7.15. The van der Waals surface area contributed by atoms with Crippen LogP contribution in [0.4, 0.5) is 5.69 Å². The molecular weight excluding hydrogens is 266 g/mol. The van der Waals surface area contributed by atoms with Gasteiger partial charge in [-0.15, -0.1) is 0 Å². The predicted molar refractivity (Wildman–Crippen MR) is 84.7 cm³/mol. The monoisotopic (exact) mass is 291 g/mol. The summed E-state index contributed by atoms with van der Waals surface area (Å²) < 4.78 is 0. The number of carbonyl (C=O) groups excluding carboxylic acids is 1. The minimum atomic E-state index is -0.899. The lowest BCUT2D eigenvalue weighted by Gasteiger charge is -2.31. The van der Waals surface area contributed by atoms with Gasteiger partial charge in [-0.05, 0) is 31.9 Å². The molecule has 1 rings (SSSR count). The molecule has 4 heteroatoms. The van der Waals surface area contributed by atoms with Crippen molar-refractivity contribution in [3.05, 3.63) is 28.8 Å². The number of amides is 1. The molecule has 0 fully saturated rings. The molecule has 0 aliphatic heterocycles. The fourth-order valence-electron chi connectivity index (χ4n) is 2.53. The highest BCUT2D eigenvalue weighted by Gasteiger charge is 2.30. The van der Waals surface area contributed by atoms with Crippen LogP contribution in [0.25, 0.3) is 0 Å². The van der Waals surface area contributed by atoms with Crippen LogP contribution in [0.5, 0.6) is 0 Å². The zero-order chi connectivity index (χ0) is 16.4. The molecule has 0 heterocycles. The molecule has 0 atom stereocenters. The number of carboxylic acid groups (broad SMARTS) is 1. The summed E-state index contributed by atoms with van der Waals surface area (Å²) in [4.78, 5) is 25.2. The van der Waals surface area contributed by atoms with Crippen molar-refractivity contribution >= 4 is 17.6 Å². The maximum Gasteiger partial charge on any atom is 0.305 e. The van der Waals surface area contributed by atoms with Crippen LogP contribution in [0, 0.1) is 26.2 Å². The molecule has 0 saturated heterocycles. The summed E-state index contributed by atoms with van der Waals surface area (Å²) in [6, 6.07) is 4.04. The maximum atomic E-state index is 12.7. The standard InChI is InChI=1S/C17H25NO3/c1-11-9-12(2)15(13(3)10-11)18(8-7-14(19)20)16(21)17(4,5)6/h9-10H,7-8H2,1-6H3,(H,19,20). The van der Waals surface area contributed by atoms with Gasteiger partial charge in [-0.2, -0.15) is 0 Å². The van der Waals surface area contributed by atoms with E-state index in [1.54, 1.807) is 4.90 Å². The summed E-state index contributed by atoms with van der Waals surface area (Å²) in [6.45, 7) is 11.7. The van der Waals surface area contributed by atoms with Crippen LogP contribution < -0.4 is 4.90 Å². The number of carbonyl (C=O) groups is 2. The lowest BCUT2D eigenvalue weighted by atomic mass is 9.93. The van der Waals surface area contributed by atoms with Crippen LogP contribution in [0.2, 0.25) is 0 Å². The molecule has 0 aromatic heterocycles. The van der Waals surface area contributed by atoms with Crippen LogP contribution >= 0.6 is 0 Å². The van der Waals surface area contributed by atoms with Gasteiger partial charge in [0.25, 0.3) is 0 Å². The van der Waals surface area contributed by atoms with Crippen molar-refractivity contribution in [2.45, 2.75) is 48.0 Å². The van der Waals surface area contributed by atoms with Gasteiger partial charge in [0.2, 0.25) is 5.91 Å². The highest BCUT2D eigenvalue weighted by molar-refractivity contribution is 5.98. The van der Waals surface area contributed by atoms with Gasteiger partial charge >= 0.3 is 5.97 Å². The van der Waals surface area contributed by atoms with Crippen LogP contribution in [-0.4, -0.2) is 23.5 Å². The first-order valence-electron chi connectivity index (χ1n) is 7.15. The Morgan fingerprint density at radius 2 is 1.57 bits per heavy atom. The van der Waals surface area contributed by atoms with Gasteiger partial charge in [-0.25, -0.2) is 0 Å². The molecule has 0 unspecified atom stereocenters. The van der Waals surface area contributed by atoms with Crippen molar-refractivity contribution in [3.8, 4) is 0 Å². The molecule has 1 aromatic rings. The predicted octanol–water partition coefficient (Wildman–Crippen LogP) is 3.47. The average Bonchev–Trinajstić information content (AvgIpc) is 2.29. The first-order chi connectivity index (χ1) is 9.54. The Kier molecular flexibility index (Phi) is 5.15. The second kappa shape index (κ2) is 6.29. The number of benzene rings is 1. The van der Waals surface area contributed by atoms with Gasteiger partial charge in [0.1, 0.15) is 0 Å². The molecule has 1 N–H and O–H groups in total. The summed E-state index contributed by atoms with van der Waals surface area (Å²) in [5.41, 5.74) is 3.41. The van der Waals surface area contributed by atoms with E-state index in [-0.39, 0.29) is 18.9 Å². The molecular formula is C17H25NO3. The SMILES string of the molecule is Cc1cc(C)c(N(CCC(=O)O)C(=O)C(C)(C)C)c(C)c1. The van der Waals surface area contributed by atoms with Crippen molar-refractivity contribution in [2.75, 3.05) is 11.4 Å². The van der Waals surface area contributed by atoms with Gasteiger partial charge in [0.15, 0.2) is 0 Å². The smallest absolute Gasteiger partial charge is 0.305 e. The second-order valence-electron chi connectivity index (χ2n) is 6.60. The number of anilines is 1. The largest absolute Gasteiger partial charge is 0.481 e. The fraction of sp³-hybridized carbons (Fsp3) is 0.529. The molecule has 0 aliphatic rings. The highest BCUT2D eigenvalue weighted by Crippen LogP contribution is 2.30. The van der Waals surface area contributed by atoms with Gasteiger partial charge in [0, 0.05) is 17.6 Å². The minimum Gasteiger partial charge on any atom is -0.481 e. The molecule has 116 valence electrons. The lowest BCUT2D eigenvalue weighted by Crippen LogP contribution is -2.41. The molecule has 0 radical (unpaired) electrons. The Balaban J connectivity index is 3.30. The van der Waals surface area contributed by atoms with Crippen LogP contribution in [0.3, 0.4) is 0 Å². The number of aryl methyl sites for hydroxylation is 3. The maximum absolute atomic E-state index is 12.7. The van der Waals surface area contributed by atoms with Crippen LogP contribution in [0.15, 0.2) is 12.1 Å². The third-order valence-corrected chi connectivity index (χ3v) is 3.34. The van der Waals surface area contributed by atoms with Crippen molar-refractivity contribution in [3.63, 3.8) is 0 Å². The Morgan fingerprint density at radius 1 is 1.10 bits per heavy atom. The molecule has 0 saturated carbocycles. The molecule has 1 amide bonds. The fourth-order valence-corrected chi connectivity index (χ4v) is 2.53. The number of hydrogen-bond acceptors (Lipinski definition) is 2. The highest BCUT2D eigenvalue weighted by atomic mass is 16.4. The molecule has 0 bridgehead atoms. The number of hydrogen-bond donors (Lipinski definition) is 1. The minimum absolute atomic E-state index is 0.0567. The summed E-state index contributed by atoms with van der Waals surface area (Å²) in [5.74, 6) is -0.956. The molecule has 21 heavy (non-hydrogen) atoms. The average molecular weight is 291 g/mol. The molecule has 0 spiro atoms. The summed E-state index contributed by atoms with van der Waals surface area (Å²) in [6.07, 6.45) is -0.0609. The number of rotatable bonds is 4. The quantitative estimate of drug-likeness (QED) is 0.924. The second-order valence-corrected chi connectivity index (χ2v) is 6.60. The Bertz CT molecular complexity index is 533. The topological polar surface area (TPSA) is 57.6 Å². The van der Waals surface area contributed by atoms with Crippen LogP contribution in [0.1, 0.15) is 43.9 Å². The van der Waals surface area contributed by atoms with Crippen molar-refractivity contribution in [1.29, 1.82) is 0 Å². The zero-order valence-corrected chi connectivity index (χ0v) is 13.8. The lowest BCUT2D eigenvalue weighted by molar-refractivity contribution is -0.136. The molecule has 1 aromatic carbocycles. The number of nitrogens with zero attached hydrogens (tertiary/aromatic N) is 1. The van der Waals surface area contributed by atoms with E-state index >= 15 is 0 Å². The zero-order valence-electron chi connectivity index (χ0n) is 13.8. The third kappa shape index (κ3) is 4.31. The van der Waals surface area contributed by atoms with Gasteiger partial charge in [-0.1, -0.05) is 38.5 Å². The van der Waals surface area contributed by atoms with Crippen LogP contribution in [-0.2, 0) is 9.59 Å². The molecule has 4 nitrogen and oxygen atoms in total. The summed E-state index contributed by atoms with van der Waals surface area (Å²) in [7, 11) is 0. The van der Waals surface area contributed by atoms with E-state index in [9.17, 15) is 9.59 Å². The molecule has 0 aliphatic carbocycles. The van der Waals surface area contributed by atoms with Gasteiger partial charge in [0.05, 0.1) is 6.42 Å². The Morgan fingerprint density at radius 3 is 1.95 bits per heavy atom. The van der Waals surface area contributed by atoms with E-state index in [0.717, 1.165) is 22.4 Å².